The van der Waals surface area contributed by atoms with Crippen molar-refractivity contribution in [1.82, 2.24) is 14.8 Å². The van der Waals surface area contributed by atoms with Gasteiger partial charge >= 0.3 is 5.97 Å². The average molecular weight is 282 g/mol. The summed E-state index contributed by atoms with van der Waals surface area (Å²) in [6.45, 7) is 3.63. The smallest absolute Gasteiger partial charge is 0.337 e. The molecule has 0 saturated carbocycles. The van der Waals surface area contributed by atoms with E-state index in [0.29, 0.717) is 11.4 Å². The van der Waals surface area contributed by atoms with Crippen molar-refractivity contribution < 1.29 is 14.6 Å². The van der Waals surface area contributed by atoms with E-state index in [0.717, 1.165) is 5.69 Å². The molecule has 1 N–H and O–H groups in total. The number of aromatic nitrogens is 3. The highest BCUT2D eigenvalue weighted by molar-refractivity contribution is 6.34. The Bertz CT molecular complexity index is 652. The summed E-state index contributed by atoms with van der Waals surface area (Å²) in [5.74, 6) is -0.544. The lowest BCUT2D eigenvalue weighted by atomic mass is 10.2. The van der Waals surface area contributed by atoms with Crippen molar-refractivity contribution in [2.45, 2.75) is 13.8 Å². The van der Waals surface area contributed by atoms with Crippen molar-refractivity contribution in [3.05, 3.63) is 34.2 Å². The van der Waals surface area contributed by atoms with Gasteiger partial charge in [-0.2, -0.15) is 5.10 Å². The zero-order valence-electron chi connectivity index (χ0n) is 10.6. The van der Waals surface area contributed by atoms with Crippen molar-refractivity contribution in [3.8, 4) is 11.6 Å². The summed E-state index contributed by atoms with van der Waals surface area (Å²) in [6.07, 6.45) is 1.34. The minimum absolute atomic E-state index is 0.0300. The highest BCUT2D eigenvalue weighted by Crippen LogP contribution is 2.32. The van der Waals surface area contributed by atoms with Crippen LogP contribution in [-0.4, -0.2) is 25.8 Å². The summed E-state index contributed by atoms with van der Waals surface area (Å²) in [5, 5.41) is 13.2. The summed E-state index contributed by atoms with van der Waals surface area (Å²) in [4.78, 5) is 14.9. The maximum absolute atomic E-state index is 11.0. The van der Waals surface area contributed by atoms with E-state index >= 15 is 0 Å². The lowest BCUT2D eigenvalue weighted by molar-refractivity contribution is 0.0696. The average Bonchev–Trinajstić information content (AvgIpc) is 2.58. The number of aryl methyl sites for hydroxylation is 2. The molecule has 0 amide bonds. The molecule has 7 heteroatoms. The molecule has 19 heavy (non-hydrogen) atoms. The molecule has 2 rings (SSSR count). The molecule has 0 fully saturated rings. The third kappa shape index (κ3) is 2.39. The number of nitrogens with zero attached hydrogens (tertiary/aromatic N) is 3. The first-order valence-corrected chi connectivity index (χ1v) is 5.85. The number of rotatable bonds is 3. The van der Waals surface area contributed by atoms with Crippen LogP contribution in [0.2, 0.25) is 5.02 Å². The maximum Gasteiger partial charge on any atom is 0.337 e. The Morgan fingerprint density at radius 2 is 2.16 bits per heavy atom. The minimum atomic E-state index is -1.13. The van der Waals surface area contributed by atoms with Gasteiger partial charge in [0.05, 0.1) is 11.3 Å². The molecule has 0 atom stereocenters. The molecule has 0 unspecified atom stereocenters. The number of halogens is 1. The molecule has 0 radical (unpaired) electrons. The van der Waals surface area contributed by atoms with Gasteiger partial charge in [0.2, 0.25) is 5.88 Å². The highest BCUT2D eigenvalue weighted by Gasteiger charge is 2.18. The van der Waals surface area contributed by atoms with E-state index in [1.54, 1.807) is 18.7 Å². The van der Waals surface area contributed by atoms with Crippen LogP contribution in [0.5, 0.6) is 11.6 Å². The Morgan fingerprint density at radius 1 is 1.47 bits per heavy atom. The molecule has 0 aliphatic rings. The molecular weight excluding hydrogens is 270 g/mol. The number of carboxylic acid groups (broad SMARTS) is 1. The lowest BCUT2D eigenvalue weighted by Gasteiger charge is -2.08. The van der Waals surface area contributed by atoms with E-state index in [1.165, 1.54) is 12.3 Å². The molecule has 0 bridgehead atoms. The standard InChI is InChI=1S/C12H12ClN3O3/c1-6-10(7(2)16(3)15-6)19-11-9(13)8(12(17)18)4-5-14-11/h4-5H,1-3H3,(H,17,18). The van der Waals surface area contributed by atoms with E-state index in [-0.39, 0.29) is 16.5 Å². The summed E-state index contributed by atoms with van der Waals surface area (Å²) >= 11 is 5.97. The maximum atomic E-state index is 11.0. The molecule has 2 heterocycles. The van der Waals surface area contributed by atoms with Crippen molar-refractivity contribution in [2.75, 3.05) is 0 Å². The molecule has 2 aromatic heterocycles. The van der Waals surface area contributed by atoms with Gasteiger partial charge < -0.3 is 9.84 Å². The van der Waals surface area contributed by atoms with Gasteiger partial charge in [0.25, 0.3) is 0 Å². The molecule has 0 aromatic carbocycles. The third-order valence-electron chi connectivity index (χ3n) is 2.73. The second kappa shape index (κ2) is 4.89. The first-order chi connectivity index (χ1) is 8.91. The van der Waals surface area contributed by atoms with Gasteiger partial charge in [-0.1, -0.05) is 11.6 Å². The van der Waals surface area contributed by atoms with Crippen LogP contribution in [0.4, 0.5) is 0 Å². The van der Waals surface area contributed by atoms with Crippen molar-refractivity contribution in [1.29, 1.82) is 0 Å². The normalized spacial score (nSPS) is 10.5. The summed E-state index contributed by atoms with van der Waals surface area (Å²) in [5.41, 5.74) is 1.43. The number of carboxylic acids is 1. The van der Waals surface area contributed by atoms with Crippen LogP contribution < -0.4 is 4.74 Å². The quantitative estimate of drug-likeness (QED) is 0.935. The Labute approximate surface area is 114 Å². The highest BCUT2D eigenvalue weighted by atomic mass is 35.5. The Balaban J connectivity index is 2.44. The summed E-state index contributed by atoms with van der Waals surface area (Å²) < 4.78 is 7.26. The van der Waals surface area contributed by atoms with Gasteiger partial charge in [-0.15, -0.1) is 0 Å². The molecule has 6 nitrogen and oxygen atoms in total. The number of carbonyl (C=O) groups is 1. The lowest BCUT2D eigenvalue weighted by Crippen LogP contribution is -2.00. The first kappa shape index (κ1) is 13.4. The Hall–Kier alpha value is -2.08. The second-order valence-corrected chi connectivity index (χ2v) is 4.39. The van der Waals surface area contributed by atoms with Crippen LogP contribution in [0.3, 0.4) is 0 Å². The van der Waals surface area contributed by atoms with Crippen molar-refractivity contribution in [3.63, 3.8) is 0 Å². The zero-order chi connectivity index (χ0) is 14.2. The van der Waals surface area contributed by atoms with Crippen LogP contribution in [0.1, 0.15) is 21.7 Å². The zero-order valence-corrected chi connectivity index (χ0v) is 11.4. The fourth-order valence-electron chi connectivity index (χ4n) is 1.66. The first-order valence-electron chi connectivity index (χ1n) is 5.47. The van der Waals surface area contributed by atoms with Crippen molar-refractivity contribution in [2.24, 2.45) is 7.05 Å². The molecule has 0 aliphatic carbocycles. The largest absolute Gasteiger partial charge is 0.478 e. The number of ether oxygens (including phenoxy) is 1. The number of hydrogen-bond donors (Lipinski definition) is 1. The fraction of sp³-hybridized carbons (Fsp3) is 0.250. The Kier molecular flexibility index (Phi) is 3.44. The predicted molar refractivity (Wildman–Crippen MR) is 69.0 cm³/mol. The van der Waals surface area contributed by atoms with E-state index in [9.17, 15) is 4.79 Å². The van der Waals surface area contributed by atoms with Gasteiger partial charge in [-0.3, -0.25) is 4.68 Å². The van der Waals surface area contributed by atoms with Crippen LogP contribution in [0.15, 0.2) is 12.3 Å². The molecule has 2 aromatic rings. The third-order valence-corrected chi connectivity index (χ3v) is 3.09. The van der Waals surface area contributed by atoms with Crippen LogP contribution in [-0.2, 0) is 7.05 Å². The minimum Gasteiger partial charge on any atom is -0.478 e. The van der Waals surface area contributed by atoms with E-state index in [1.807, 2.05) is 6.92 Å². The van der Waals surface area contributed by atoms with Crippen LogP contribution in [0.25, 0.3) is 0 Å². The fourth-order valence-corrected chi connectivity index (χ4v) is 1.89. The molecule has 0 spiro atoms. The monoisotopic (exact) mass is 281 g/mol. The molecule has 0 saturated heterocycles. The van der Waals surface area contributed by atoms with Gasteiger partial charge in [0.1, 0.15) is 10.7 Å². The van der Waals surface area contributed by atoms with Crippen molar-refractivity contribution >= 4 is 17.6 Å². The summed E-state index contributed by atoms with van der Waals surface area (Å²) in [6, 6.07) is 1.32. The molecule has 0 aliphatic heterocycles. The summed E-state index contributed by atoms with van der Waals surface area (Å²) in [7, 11) is 1.79. The number of hydrogen-bond acceptors (Lipinski definition) is 4. The second-order valence-electron chi connectivity index (χ2n) is 4.01. The van der Waals surface area contributed by atoms with E-state index < -0.39 is 5.97 Å². The Morgan fingerprint density at radius 3 is 2.68 bits per heavy atom. The van der Waals surface area contributed by atoms with E-state index in [2.05, 4.69) is 10.1 Å². The topological polar surface area (TPSA) is 77.2 Å². The number of aromatic carboxylic acids is 1. The molecule has 100 valence electrons. The van der Waals surface area contributed by atoms with Gasteiger partial charge in [-0.05, 0) is 19.9 Å². The van der Waals surface area contributed by atoms with Gasteiger partial charge in [0, 0.05) is 13.2 Å². The van der Waals surface area contributed by atoms with E-state index in [4.69, 9.17) is 21.4 Å². The number of pyridine rings is 1. The van der Waals surface area contributed by atoms with Crippen LogP contribution >= 0.6 is 11.6 Å². The predicted octanol–water partition coefficient (Wildman–Crippen LogP) is 2.58. The molecular formula is C12H12ClN3O3. The van der Waals surface area contributed by atoms with Gasteiger partial charge in [0.15, 0.2) is 5.75 Å². The van der Waals surface area contributed by atoms with Crippen LogP contribution in [0, 0.1) is 13.8 Å². The SMILES string of the molecule is Cc1nn(C)c(C)c1Oc1nccc(C(=O)O)c1Cl. The van der Waals surface area contributed by atoms with Gasteiger partial charge in [-0.25, -0.2) is 9.78 Å².